The molecule has 0 fully saturated rings. The SMILES string of the molecule is COc1ccc(NC(=O)Nc2ccc3c(c2)C(=O)N([C@@H](C)CO)C[C@@H](C)[C@@H](CN(C)Cc2ccncc2)O3)cc1. The van der Waals surface area contributed by atoms with Gasteiger partial charge in [0, 0.05) is 49.3 Å². The van der Waals surface area contributed by atoms with Crippen LogP contribution in [0.5, 0.6) is 11.5 Å². The van der Waals surface area contributed by atoms with Crippen molar-refractivity contribution in [2.75, 3.05) is 44.5 Å². The zero-order valence-electron chi connectivity index (χ0n) is 23.3. The molecule has 4 rings (SSSR count). The number of nitrogens with zero attached hydrogens (tertiary/aromatic N) is 3. The molecule has 0 bridgehead atoms. The standard InChI is InChI=1S/C30H37N5O5/c1-20-16-35(21(2)19-36)29(37)26-15-24(33-30(38)32-23-5-8-25(39-4)9-6-23)7-10-27(26)40-28(20)18-34(3)17-22-11-13-31-14-12-22/h5-15,20-21,28,36H,16-19H2,1-4H3,(H2,32,33,38)/t20-,21+,28-/m1/s1. The predicted molar refractivity (Wildman–Crippen MR) is 154 cm³/mol. The third-order valence-electron chi connectivity index (χ3n) is 6.96. The van der Waals surface area contributed by atoms with Gasteiger partial charge in [-0.05, 0) is 74.1 Å². The number of aliphatic hydroxyl groups excluding tert-OH is 1. The number of likely N-dealkylation sites (N-methyl/N-ethyl adjacent to an activating group) is 1. The summed E-state index contributed by atoms with van der Waals surface area (Å²) >= 11 is 0. The Bertz CT molecular complexity index is 1290. The minimum Gasteiger partial charge on any atom is -0.497 e. The lowest BCUT2D eigenvalue weighted by molar-refractivity contribution is 0.0341. The molecule has 0 radical (unpaired) electrons. The van der Waals surface area contributed by atoms with E-state index >= 15 is 0 Å². The fourth-order valence-electron chi connectivity index (χ4n) is 4.66. The summed E-state index contributed by atoms with van der Waals surface area (Å²) in [5, 5.41) is 15.5. The van der Waals surface area contributed by atoms with Gasteiger partial charge in [-0.15, -0.1) is 0 Å². The van der Waals surface area contributed by atoms with Crippen molar-refractivity contribution in [3.63, 3.8) is 0 Å². The summed E-state index contributed by atoms with van der Waals surface area (Å²) < 4.78 is 11.6. The first-order chi connectivity index (χ1) is 19.3. The van der Waals surface area contributed by atoms with Gasteiger partial charge in [-0.2, -0.15) is 0 Å². The normalized spacial score (nSPS) is 17.8. The van der Waals surface area contributed by atoms with Gasteiger partial charge < -0.3 is 30.1 Å². The minimum absolute atomic E-state index is 0.000865. The number of methoxy groups -OCH3 is 1. The number of fused-ring (bicyclic) bond motifs is 1. The van der Waals surface area contributed by atoms with E-state index in [1.54, 1.807) is 66.9 Å². The first-order valence-electron chi connectivity index (χ1n) is 13.3. The third kappa shape index (κ3) is 7.28. The van der Waals surface area contributed by atoms with Crippen molar-refractivity contribution < 1.29 is 24.2 Å². The summed E-state index contributed by atoms with van der Waals surface area (Å²) in [5.74, 6) is 0.865. The molecule has 3 N–H and O–H groups in total. The van der Waals surface area contributed by atoms with E-state index in [1.165, 1.54) is 0 Å². The van der Waals surface area contributed by atoms with Crippen LogP contribution in [0.1, 0.15) is 29.8 Å². The van der Waals surface area contributed by atoms with Crippen molar-refractivity contribution in [1.82, 2.24) is 14.8 Å². The molecule has 2 aromatic carbocycles. The number of amides is 3. The number of hydrogen-bond acceptors (Lipinski definition) is 7. The lowest BCUT2D eigenvalue weighted by Crippen LogP contribution is -2.49. The van der Waals surface area contributed by atoms with Crippen molar-refractivity contribution in [2.24, 2.45) is 5.92 Å². The van der Waals surface area contributed by atoms with Crippen LogP contribution in [0.3, 0.4) is 0 Å². The Balaban J connectivity index is 1.54. The van der Waals surface area contributed by atoms with Gasteiger partial charge >= 0.3 is 6.03 Å². The van der Waals surface area contributed by atoms with Gasteiger partial charge in [-0.3, -0.25) is 14.7 Å². The lowest BCUT2D eigenvalue weighted by Gasteiger charge is -2.38. The van der Waals surface area contributed by atoms with Gasteiger partial charge in [0.25, 0.3) is 5.91 Å². The van der Waals surface area contributed by atoms with Gasteiger partial charge in [-0.1, -0.05) is 6.92 Å². The molecule has 3 atom stereocenters. The van der Waals surface area contributed by atoms with Crippen LogP contribution in [0, 0.1) is 5.92 Å². The number of hydrogen-bond donors (Lipinski definition) is 3. The van der Waals surface area contributed by atoms with Gasteiger partial charge in [0.2, 0.25) is 0 Å². The molecular formula is C30H37N5O5. The Labute approximate surface area is 234 Å². The van der Waals surface area contributed by atoms with Gasteiger partial charge in [0.1, 0.15) is 17.6 Å². The maximum Gasteiger partial charge on any atom is 0.323 e. The largest absolute Gasteiger partial charge is 0.497 e. The minimum atomic E-state index is -0.450. The Morgan fingerprint density at radius 1 is 1.15 bits per heavy atom. The molecule has 3 aromatic rings. The summed E-state index contributed by atoms with van der Waals surface area (Å²) in [5.41, 5.74) is 2.51. The second kappa shape index (κ2) is 13.3. The molecule has 1 aliphatic heterocycles. The zero-order valence-corrected chi connectivity index (χ0v) is 23.3. The van der Waals surface area contributed by atoms with E-state index in [2.05, 4.69) is 27.4 Å². The van der Waals surface area contributed by atoms with E-state index in [0.29, 0.717) is 41.5 Å². The van der Waals surface area contributed by atoms with E-state index in [1.807, 2.05) is 26.1 Å². The Kier molecular flexibility index (Phi) is 9.57. The summed E-state index contributed by atoms with van der Waals surface area (Å²) in [6, 6.07) is 15.1. The molecule has 0 spiro atoms. The zero-order chi connectivity index (χ0) is 28.6. The molecule has 2 heterocycles. The third-order valence-corrected chi connectivity index (χ3v) is 6.96. The average molecular weight is 548 g/mol. The van der Waals surface area contributed by atoms with E-state index in [9.17, 15) is 14.7 Å². The number of pyridine rings is 1. The quantitative estimate of drug-likeness (QED) is 0.370. The van der Waals surface area contributed by atoms with Crippen molar-refractivity contribution in [2.45, 2.75) is 32.5 Å². The number of ether oxygens (including phenoxy) is 2. The summed E-state index contributed by atoms with van der Waals surface area (Å²) in [7, 11) is 3.61. The molecule has 0 aliphatic carbocycles. The van der Waals surface area contributed by atoms with E-state index in [0.717, 1.165) is 12.1 Å². The van der Waals surface area contributed by atoms with Crippen molar-refractivity contribution in [3.05, 3.63) is 78.1 Å². The monoisotopic (exact) mass is 547 g/mol. The number of aromatic nitrogens is 1. The number of benzene rings is 2. The molecule has 40 heavy (non-hydrogen) atoms. The van der Waals surface area contributed by atoms with Crippen molar-refractivity contribution in [3.8, 4) is 11.5 Å². The lowest BCUT2D eigenvalue weighted by atomic mass is 9.99. The van der Waals surface area contributed by atoms with Crippen LogP contribution in [0.4, 0.5) is 16.2 Å². The van der Waals surface area contributed by atoms with Crippen LogP contribution in [0.15, 0.2) is 67.0 Å². The first-order valence-corrected chi connectivity index (χ1v) is 13.3. The number of rotatable bonds is 9. The Morgan fingerprint density at radius 2 is 1.82 bits per heavy atom. The molecule has 0 unspecified atom stereocenters. The molecular weight excluding hydrogens is 510 g/mol. The predicted octanol–water partition coefficient (Wildman–Crippen LogP) is 4.09. The fraction of sp³-hybridized carbons (Fsp3) is 0.367. The van der Waals surface area contributed by atoms with E-state index in [4.69, 9.17) is 9.47 Å². The molecule has 3 amide bonds. The van der Waals surface area contributed by atoms with Gasteiger partial charge in [-0.25, -0.2) is 4.79 Å². The molecule has 0 saturated heterocycles. The van der Waals surface area contributed by atoms with Crippen molar-refractivity contribution in [1.29, 1.82) is 0 Å². The smallest absolute Gasteiger partial charge is 0.323 e. The van der Waals surface area contributed by atoms with Crippen LogP contribution in [0.25, 0.3) is 0 Å². The number of anilines is 2. The van der Waals surface area contributed by atoms with E-state index < -0.39 is 6.03 Å². The average Bonchev–Trinajstić information content (AvgIpc) is 2.95. The number of aliphatic hydroxyl groups is 1. The van der Waals surface area contributed by atoms with Gasteiger partial charge in [0.05, 0.1) is 25.3 Å². The summed E-state index contributed by atoms with van der Waals surface area (Å²) in [6.07, 6.45) is 3.33. The highest BCUT2D eigenvalue weighted by atomic mass is 16.5. The first kappa shape index (κ1) is 28.8. The molecule has 10 nitrogen and oxygen atoms in total. The Morgan fingerprint density at radius 3 is 2.50 bits per heavy atom. The number of urea groups is 1. The van der Waals surface area contributed by atoms with E-state index in [-0.39, 0.29) is 30.6 Å². The highest BCUT2D eigenvalue weighted by Crippen LogP contribution is 2.31. The Hall–Kier alpha value is -4.15. The molecule has 1 aromatic heterocycles. The maximum absolute atomic E-state index is 13.7. The van der Waals surface area contributed by atoms with Gasteiger partial charge in [0.15, 0.2) is 0 Å². The van der Waals surface area contributed by atoms with Crippen molar-refractivity contribution >= 4 is 23.3 Å². The summed E-state index contributed by atoms with van der Waals surface area (Å²) in [6.45, 7) is 5.49. The van der Waals surface area contributed by atoms with Crippen LogP contribution in [-0.2, 0) is 6.54 Å². The maximum atomic E-state index is 13.7. The topological polar surface area (TPSA) is 116 Å². The fourth-order valence-corrected chi connectivity index (χ4v) is 4.66. The molecule has 212 valence electrons. The van der Waals surface area contributed by atoms with Crippen LogP contribution < -0.4 is 20.1 Å². The number of nitrogens with one attached hydrogen (secondary N) is 2. The highest BCUT2D eigenvalue weighted by molar-refractivity contribution is 6.02. The molecule has 0 saturated carbocycles. The van der Waals surface area contributed by atoms with Crippen LogP contribution in [-0.4, -0.2) is 77.8 Å². The summed E-state index contributed by atoms with van der Waals surface area (Å²) in [4.78, 5) is 34.3. The molecule has 1 aliphatic rings. The highest BCUT2D eigenvalue weighted by Gasteiger charge is 2.33. The van der Waals surface area contributed by atoms with Crippen LogP contribution in [0.2, 0.25) is 0 Å². The second-order valence-corrected chi connectivity index (χ2v) is 10.2. The molecule has 10 heteroatoms. The van der Waals surface area contributed by atoms with Crippen LogP contribution >= 0.6 is 0 Å². The number of carbonyl (C=O) groups excluding carboxylic acids is 2. The number of carbonyl (C=O) groups is 2. The second-order valence-electron chi connectivity index (χ2n) is 10.2.